The van der Waals surface area contributed by atoms with Crippen molar-refractivity contribution in [3.63, 3.8) is 0 Å². The van der Waals surface area contributed by atoms with E-state index in [1.807, 2.05) is 10.9 Å². The van der Waals surface area contributed by atoms with E-state index in [-0.39, 0.29) is 6.23 Å². The lowest BCUT2D eigenvalue weighted by atomic mass is 9.86. The standard InChI is InChI=1S/C14H20N2O2/c17-12-6-4-11(5-7-12)13-8-9-16(15-13)14-3-1-2-10-18-14/h8-9,11,14H,1-7,10H2. The van der Waals surface area contributed by atoms with Crippen LogP contribution in [0, 0.1) is 0 Å². The average molecular weight is 248 g/mol. The Morgan fingerprint density at radius 3 is 2.78 bits per heavy atom. The molecule has 4 nitrogen and oxygen atoms in total. The van der Waals surface area contributed by atoms with Crippen molar-refractivity contribution in [2.75, 3.05) is 6.61 Å². The van der Waals surface area contributed by atoms with Crippen LogP contribution in [0.25, 0.3) is 0 Å². The molecule has 0 amide bonds. The van der Waals surface area contributed by atoms with E-state index in [1.165, 1.54) is 6.42 Å². The first-order valence-electron chi connectivity index (χ1n) is 7.01. The molecule has 4 heteroatoms. The summed E-state index contributed by atoms with van der Waals surface area (Å²) in [6, 6.07) is 2.10. The van der Waals surface area contributed by atoms with Crippen molar-refractivity contribution >= 4 is 5.78 Å². The molecule has 2 aliphatic rings. The van der Waals surface area contributed by atoms with Crippen molar-refractivity contribution in [3.8, 4) is 0 Å². The Hall–Kier alpha value is -1.16. The van der Waals surface area contributed by atoms with Crippen LogP contribution in [0.2, 0.25) is 0 Å². The maximum absolute atomic E-state index is 11.2. The van der Waals surface area contributed by atoms with Gasteiger partial charge in [-0.2, -0.15) is 5.10 Å². The SMILES string of the molecule is O=C1CCC(c2ccn(C3CCCCO3)n2)CC1. The lowest BCUT2D eigenvalue weighted by Gasteiger charge is -2.23. The summed E-state index contributed by atoms with van der Waals surface area (Å²) < 4.78 is 7.69. The molecule has 1 aromatic heterocycles. The Bertz CT molecular complexity index is 411. The lowest BCUT2D eigenvalue weighted by Crippen LogP contribution is -2.19. The minimum Gasteiger partial charge on any atom is -0.357 e. The number of hydrogen-bond donors (Lipinski definition) is 0. The van der Waals surface area contributed by atoms with E-state index in [0.717, 1.165) is 50.8 Å². The Morgan fingerprint density at radius 1 is 1.22 bits per heavy atom. The summed E-state index contributed by atoms with van der Waals surface area (Å²) in [7, 11) is 0. The minimum absolute atomic E-state index is 0.123. The quantitative estimate of drug-likeness (QED) is 0.808. The van der Waals surface area contributed by atoms with Gasteiger partial charge in [-0.1, -0.05) is 0 Å². The van der Waals surface area contributed by atoms with Crippen LogP contribution in [0.15, 0.2) is 12.3 Å². The van der Waals surface area contributed by atoms with Crippen LogP contribution >= 0.6 is 0 Å². The maximum Gasteiger partial charge on any atom is 0.150 e. The van der Waals surface area contributed by atoms with Crippen molar-refractivity contribution in [3.05, 3.63) is 18.0 Å². The van der Waals surface area contributed by atoms with Crippen LogP contribution in [0.3, 0.4) is 0 Å². The molecule has 0 N–H and O–H groups in total. The van der Waals surface area contributed by atoms with Gasteiger partial charge in [-0.25, -0.2) is 4.68 Å². The Balaban J connectivity index is 1.67. The predicted octanol–water partition coefficient (Wildman–Crippen LogP) is 2.81. The molecule has 1 aliphatic carbocycles. The summed E-state index contributed by atoms with van der Waals surface area (Å²) in [5, 5.41) is 4.66. The van der Waals surface area contributed by atoms with Gasteiger partial charge in [0.15, 0.2) is 0 Å². The lowest BCUT2D eigenvalue weighted by molar-refractivity contribution is -0.120. The normalized spacial score (nSPS) is 26.4. The van der Waals surface area contributed by atoms with E-state index in [2.05, 4.69) is 11.2 Å². The van der Waals surface area contributed by atoms with E-state index in [1.54, 1.807) is 0 Å². The molecule has 0 spiro atoms. The Kier molecular flexibility index (Phi) is 3.46. The van der Waals surface area contributed by atoms with Gasteiger partial charge in [0.2, 0.25) is 0 Å². The molecule has 98 valence electrons. The van der Waals surface area contributed by atoms with Gasteiger partial charge >= 0.3 is 0 Å². The van der Waals surface area contributed by atoms with Gasteiger partial charge < -0.3 is 4.74 Å². The van der Waals surface area contributed by atoms with E-state index in [4.69, 9.17) is 4.74 Å². The zero-order valence-electron chi connectivity index (χ0n) is 10.7. The average Bonchev–Trinajstić information content (AvgIpc) is 2.90. The fourth-order valence-corrected chi connectivity index (χ4v) is 2.90. The summed E-state index contributed by atoms with van der Waals surface area (Å²) in [4.78, 5) is 11.2. The number of ether oxygens (including phenoxy) is 1. The molecule has 18 heavy (non-hydrogen) atoms. The highest BCUT2D eigenvalue weighted by molar-refractivity contribution is 5.79. The summed E-state index contributed by atoms with van der Waals surface area (Å²) >= 11 is 0. The number of hydrogen-bond acceptors (Lipinski definition) is 3. The first-order valence-corrected chi connectivity index (χ1v) is 7.01. The number of carbonyl (C=O) groups excluding carboxylic acids is 1. The van der Waals surface area contributed by atoms with E-state index in [9.17, 15) is 4.79 Å². The summed E-state index contributed by atoms with van der Waals surface area (Å²) in [5.41, 5.74) is 1.14. The molecular weight excluding hydrogens is 228 g/mol. The highest BCUT2D eigenvalue weighted by atomic mass is 16.5. The van der Waals surface area contributed by atoms with Crippen molar-refractivity contribution in [2.45, 2.75) is 57.1 Å². The molecule has 0 bridgehead atoms. The maximum atomic E-state index is 11.2. The summed E-state index contributed by atoms with van der Waals surface area (Å²) in [5.74, 6) is 0.869. The van der Waals surface area contributed by atoms with Crippen LogP contribution in [-0.2, 0) is 9.53 Å². The van der Waals surface area contributed by atoms with Crippen LogP contribution in [0.4, 0.5) is 0 Å². The van der Waals surface area contributed by atoms with Crippen molar-refractivity contribution in [1.29, 1.82) is 0 Å². The van der Waals surface area contributed by atoms with E-state index in [0.29, 0.717) is 11.7 Å². The van der Waals surface area contributed by atoms with Crippen molar-refractivity contribution in [1.82, 2.24) is 9.78 Å². The second-order valence-corrected chi connectivity index (χ2v) is 5.35. The molecule has 1 saturated carbocycles. The number of Topliss-reactive ketones (excluding diaryl/α,β-unsaturated/α-hetero) is 1. The zero-order valence-corrected chi connectivity index (χ0v) is 10.7. The molecule has 1 aliphatic heterocycles. The molecule has 0 aromatic carbocycles. The van der Waals surface area contributed by atoms with E-state index < -0.39 is 0 Å². The second-order valence-electron chi connectivity index (χ2n) is 5.35. The molecule has 2 fully saturated rings. The summed E-state index contributed by atoms with van der Waals surface area (Å²) in [6.45, 7) is 0.845. The molecule has 1 atom stereocenters. The third kappa shape index (κ3) is 2.48. The molecular formula is C14H20N2O2. The number of nitrogens with zero attached hydrogens (tertiary/aromatic N) is 2. The van der Waals surface area contributed by atoms with Gasteiger partial charge in [-0.3, -0.25) is 4.79 Å². The fraction of sp³-hybridized carbons (Fsp3) is 0.714. The third-order valence-electron chi connectivity index (χ3n) is 4.04. The smallest absolute Gasteiger partial charge is 0.150 e. The van der Waals surface area contributed by atoms with Gasteiger partial charge in [0.05, 0.1) is 5.69 Å². The molecule has 1 saturated heterocycles. The van der Waals surface area contributed by atoms with Crippen LogP contribution < -0.4 is 0 Å². The van der Waals surface area contributed by atoms with Crippen LogP contribution in [-0.4, -0.2) is 22.2 Å². The number of ketones is 1. The predicted molar refractivity (Wildman–Crippen MR) is 67.3 cm³/mol. The first-order chi connectivity index (χ1) is 8.83. The second kappa shape index (κ2) is 5.22. The largest absolute Gasteiger partial charge is 0.357 e. The highest BCUT2D eigenvalue weighted by Gasteiger charge is 2.23. The monoisotopic (exact) mass is 248 g/mol. The van der Waals surface area contributed by atoms with Gasteiger partial charge in [0, 0.05) is 31.6 Å². The van der Waals surface area contributed by atoms with Crippen LogP contribution in [0.1, 0.15) is 62.8 Å². The van der Waals surface area contributed by atoms with Crippen molar-refractivity contribution < 1.29 is 9.53 Å². The summed E-state index contributed by atoms with van der Waals surface area (Å²) in [6.07, 6.45) is 8.95. The number of rotatable bonds is 2. The molecule has 3 rings (SSSR count). The fourth-order valence-electron chi connectivity index (χ4n) is 2.90. The van der Waals surface area contributed by atoms with Crippen molar-refractivity contribution in [2.24, 2.45) is 0 Å². The number of carbonyl (C=O) groups is 1. The van der Waals surface area contributed by atoms with Gasteiger partial charge in [0.25, 0.3) is 0 Å². The molecule has 1 unspecified atom stereocenters. The van der Waals surface area contributed by atoms with Crippen LogP contribution in [0.5, 0.6) is 0 Å². The Morgan fingerprint density at radius 2 is 2.06 bits per heavy atom. The molecule has 1 aromatic rings. The Labute approximate surface area is 107 Å². The molecule has 0 radical (unpaired) electrons. The third-order valence-corrected chi connectivity index (χ3v) is 4.04. The van der Waals surface area contributed by atoms with Gasteiger partial charge in [-0.15, -0.1) is 0 Å². The first kappa shape index (κ1) is 11.9. The van der Waals surface area contributed by atoms with Gasteiger partial charge in [-0.05, 0) is 38.2 Å². The van der Waals surface area contributed by atoms with E-state index >= 15 is 0 Å². The molecule has 2 heterocycles. The number of aromatic nitrogens is 2. The minimum atomic E-state index is 0.123. The zero-order chi connectivity index (χ0) is 12.4. The topological polar surface area (TPSA) is 44.1 Å². The van der Waals surface area contributed by atoms with Gasteiger partial charge in [0.1, 0.15) is 12.0 Å². The highest BCUT2D eigenvalue weighted by Crippen LogP contribution is 2.31.